The number of hydrogen-bond donors (Lipinski definition) is 0. The highest BCUT2D eigenvalue weighted by Crippen LogP contribution is 2.28. The van der Waals surface area contributed by atoms with Gasteiger partial charge in [-0.3, -0.25) is 14.5 Å². The monoisotopic (exact) mass is 347 g/mol. The van der Waals surface area contributed by atoms with Gasteiger partial charge < -0.3 is 4.90 Å². The summed E-state index contributed by atoms with van der Waals surface area (Å²) in [4.78, 5) is 34.0. The van der Waals surface area contributed by atoms with Crippen molar-refractivity contribution in [2.75, 3.05) is 20.1 Å². The Bertz CT molecular complexity index is 845. The molecule has 3 saturated heterocycles. The first-order valence-electron chi connectivity index (χ1n) is 8.43. The minimum absolute atomic E-state index is 0.0775. The number of carbonyl (C=O) groups is 1. The summed E-state index contributed by atoms with van der Waals surface area (Å²) in [5.41, 5.74) is 0.639. The van der Waals surface area contributed by atoms with Gasteiger partial charge in [-0.2, -0.15) is 9.61 Å². The summed E-state index contributed by atoms with van der Waals surface area (Å²) in [5.74, 6) is 0.334. The van der Waals surface area contributed by atoms with Crippen molar-refractivity contribution in [2.45, 2.75) is 38.8 Å². The van der Waals surface area contributed by atoms with Crippen molar-refractivity contribution in [3.63, 3.8) is 0 Å². The molecule has 2 aromatic rings. The number of piperidine rings is 1. The molecule has 0 radical (unpaired) electrons. The SMILES string of the molecule is CCc1nn2c(=O)cc(CN3CC4CCC(C3)N(C)C4=O)nc2s1. The Kier molecular flexibility index (Phi) is 3.88. The molecule has 0 saturated carbocycles. The molecular formula is C16H21N5O2S. The molecule has 0 aromatic carbocycles. The molecule has 3 fully saturated rings. The van der Waals surface area contributed by atoms with E-state index in [1.54, 1.807) is 6.07 Å². The van der Waals surface area contributed by atoms with Gasteiger partial charge in [-0.25, -0.2) is 4.98 Å². The van der Waals surface area contributed by atoms with E-state index in [9.17, 15) is 9.59 Å². The van der Waals surface area contributed by atoms with Crippen molar-refractivity contribution in [2.24, 2.45) is 5.92 Å². The van der Waals surface area contributed by atoms with Crippen LogP contribution in [-0.4, -0.2) is 56.5 Å². The van der Waals surface area contributed by atoms with Gasteiger partial charge in [0.15, 0.2) is 0 Å². The Labute approximate surface area is 143 Å². The maximum atomic E-state index is 12.3. The Morgan fingerprint density at radius 1 is 1.29 bits per heavy atom. The largest absolute Gasteiger partial charge is 0.341 e. The van der Waals surface area contributed by atoms with Crippen molar-refractivity contribution in [1.29, 1.82) is 0 Å². The number of rotatable bonds is 3. The number of fused-ring (bicyclic) bond motifs is 5. The average molecular weight is 347 g/mol. The molecule has 5 rings (SSSR count). The van der Waals surface area contributed by atoms with E-state index in [0.717, 1.165) is 43.1 Å². The molecule has 128 valence electrons. The molecule has 3 aliphatic rings. The van der Waals surface area contributed by atoms with Gasteiger partial charge in [-0.1, -0.05) is 18.3 Å². The fourth-order valence-corrected chi connectivity index (χ4v) is 4.58. The molecule has 24 heavy (non-hydrogen) atoms. The number of hydrogen-bond acceptors (Lipinski definition) is 6. The highest BCUT2D eigenvalue weighted by Gasteiger charge is 2.38. The minimum atomic E-state index is -0.128. The highest BCUT2D eigenvalue weighted by atomic mass is 32.1. The smallest absolute Gasteiger partial charge is 0.275 e. The van der Waals surface area contributed by atoms with Crippen LogP contribution in [0.4, 0.5) is 0 Å². The van der Waals surface area contributed by atoms with Crippen LogP contribution in [-0.2, 0) is 17.8 Å². The first-order valence-corrected chi connectivity index (χ1v) is 9.24. The molecule has 1 amide bonds. The Morgan fingerprint density at radius 2 is 2.12 bits per heavy atom. The lowest BCUT2D eigenvalue weighted by molar-refractivity contribution is -0.138. The average Bonchev–Trinajstić information content (AvgIpc) is 2.82. The molecule has 3 aliphatic heterocycles. The third-order valence-electron chi connectivity index (χ3n) is 5.07. The quantitative estimate of drug-likeness (QED) is 0.820. The van der Waals surface area contributed by atoms with E-state index in [4.69, 9.17) is 0 Å². The summed E-state index contributed by atoms with van der Waals surface area (Å²) in [6.45, 7) is 4.23. The first kappa shape index (κ1) is 15.7. The topological polar surface area (TPSA) is 70.8 Å². The molecule has 7 nitrogen and oxygen atoms in total. The number of aryl methyl sites for hydroxylation is 1. The van der Waals surface area contributed by atoms with Crippen LogP contribution in [0.3, 0.4) is 0 Å². The van der Waals surface area contributed by atoms with Crippen molar-refractivity contribution in [3.8, 4) is 0 Å². The number of carbonyl (C=O) groups excluding carboxylic acids is 1. The molecular weight excluding hydrogens is 326 g/mol. The summed E-state index contributed by atoms with van der Waals surface area (Å²) in [5, 5.41) is 5.20. The Balaban J connectivity index is 1.60. The molecule has 2 unspecified atom stereocenters. The summed E-state index contributed by atoms with van der Waals surface area (Å²) in [6.07, 6.45) is 2.83. The van der Waals surface area contributed by atoms with Crippen LogP contribution in [0, 0.1) is 5.92 Å². The van der Waals surface area contributed by atoms with Crippen LogP contribution in [0.15, 0.2) is 10.9 Å². The second-order valence-corrected chi connectivity index (χ2v) is 7.74. The van der Waals surface area contributed by atoms with E-state index in [0.29, 0.717) is 11.5 Å². The molecule has 0 aliphatic carbocycles. The minimum Gasteiger partial charge on any atom is -0.341 e. The van der Waals surface area contributed by atoms with Gasteiger partial charge in [-0.05, 0) is 19.3 Å². The van der Waals surface area contributed by atoms with Gasteiger partial charge in [-0.15, -0.1) is 0 Å². The van der Waals surface area contributed by atoms with E-state index in [1.807, 2.05) is 18.9 Å². The zero-order chi connectivity index (χ0) is 16.8. The number of amides is 1. The predicted octanol–water partition coefficient (Wildman–Crippen LogP) is 0.766. The molecule has 5 heterocycles. The molecule has 2 bridgehead atoms. The van der Waals surface area contributed by atoms with Crippen LogP contribution in [0.2, 0.25) is 0 Å². The number of likely N-dealkylation sites (N-methyl/N-ethyl adjacent to an activating group) is 1. The maximum Gasteiger partial charge on any atom is 0.275 e. The van der Waals surface area contributed by atoms with Gasteiger partial charge in [0, 0.05) is 38.8 Å². The van der Waals surface area contributed by atoms with Crippen molar-refractivity contribution < 1.29 is 4.79 Å². The van der Waals surface area contributed by atoms with Gasteiger partial charge in [0.05, 0.1) is 11.6 Å². The van der Waals surface area contributed by atoms with E-state index in [2.05, 4.69) is 15.0 Å². The molecule has 2 aromatic heterocycles. The van der Waals surface area contributed by atoms with E-state index in [-0.39, 0.29) is 23.4 Å². The third-order valence-corrected chi connectivity index (χ3v) is 6.12. The zero-order valence-corrected chi connectivity index (χ0v) is 14.8. The fourth-order valence-electron chi connectivity index (χ4n) is 3.72. The third kappa shape index (κ3) is 2.63. The standard InChI is InChI=1S/C16H21N5O2S/c1-3-13-18-21-14(22)6-11(17-16(21)24-13)8-20-7-10-4-5-12(9-20)19(2)15(10)23/h6,10,12H,3-5,7-9H2,1-2H3. The second kappa shape index (κ2) is 5.93. The van der Waals surface area contributed by atoms with E-state index >= 15 is 0 Å². The Morgan fingerprint density at radius 3 is 2.92 bits per heavy atom. The molecule has 8 heteroatoms. The lowest BCUT2D eigenvalue weighted by Crippen LogP contribution is -2.45. The van der Waals surface area contributed by atoms with Gasteiger partial charge in [0.25, 0.3) is 5.56 Å². The summed E-state index contributed by atoms with van der Waals surface area (Å²) >= 11 is 1.47. The summed E-state index contributed by atoms with van der Waals surface area (Å²) in [6, 6.07) is 1.85. The number of nitrogens with zero attached hydrogens (tertiary/aromatic N) is 5. The zero-order valence-electron chi connectivity index (χ0n) is 13.9. The first-order chi connectivity index (χ1) is 11.5. The van der Waals surface area contributed by atoms with Crippen molar-refractivity contribution in [1.82, 2.24) is 24.4 Å². The van der Waals surface area contributed by atoms with E-state index in [1.165, 1.54) is 15.9 Å². The van der Waals surface area contributed by atoms with Crippen LogP contribution in [0.1, 0.15) is 30.5 Å². The number of aromatic nitrogens is 3. The van der Waals surface area contributed by atoms with Crippen LogP contribution in [0.25, 0.3) is 4.96 Å². The van der Waals surface area contributed by atoms with Crippen molar-refractivity contribution >= 4 is 22.2 Å². The summed E-state index contributed by atoms with van der Waals surface area (Å²) in [7, 11) is 1.91. The summed E-state index contributed by atoms with van der Waals surface area (Å²) < 4.78 is 1.39. The lowest BCUT2D eigenvalue weighted by Gasteiger charge is -2.32. The lowest BCUT2D eigenvalue weighted by atomic mass is 9.95. The predicted molar refractivity (Wildman–Crippen MR) is 91.1 cm³/mol. The molecule has 0 N–H and O–H groups in total. The highest BCUT2D eigenvalue weighted by molar-refractivity contribution is 7.16. The van der Waals surface area contributed by atoms with Crippen LogP contribution >= 0.6 is 11.3 Å². The van der Waals surface area contributed by atoms with Crippen LogP contribution < -0.4 is 5.56 Å². The second-order valence-electron chi connectivity index (χ2n) is 6.70. The van der Waals surface area contributed by atoms with Gasteiger partial charge >= 0.3 is 0 Å². The Hall–Kier alpha value is -1.80. The molecule has 0 spiro atoms. The fraction of sp³-hybridized carbons (Fsp3) is 0.625. The maximum absolute atomic E-state index is 12.3. The normalized spacial score (nSPS) is 24.8. The van der Waals surface area contributed by atoms with Crippen LogP contribution in [0.5, 0.6) is 0 Å². The molecule has 2 atom stereocenters. The van der Waals surface area contributed by atoms with Gasteiger partial charge in [0.2, 0.25) is 10.9 Å². The van der Waals surface area contributed by atoms with E-state index < -0.39 is 0 Å². The van der Waals surface area contributed by atoms with Crippen molar-refractivity contribution in [3.05, 3.63) is 27.1 Å². The van der Waals surface area contributed by atoms with Gasteiger partial charge in [0.1, 0.15) is 5.01 Å².